The van der Waals surface area contributed by atoms with Crippen LogP contribution >= 0.6 is 0 Å². The highest BCUT2D eigenvalue weighted by Gasteiger charge is 2.27. The van der Waals surface area contributed by atoms with Gasteiger partial charge in [0.25, 0.3) is 0 Å². The summed E-state index contributed by atoms with van der Waals surface area (Å²) < 4.78 is 13.2. The van der Waals surface area contributed by atoms with Crippen molar-refractivity contribution in [2.45, 2.75) is 19.9 Å². The maximum Gasteiger partial charge on any atom is 0.150 e. The van der Waals surface area contributed by atoms with Gasteiger partial charge in [0.1, 0.15) is 24.0 Å². The van der Waals surface area contributed by atoms with Crippen LogP contribution in [0.5, 0.6) is 0 Å². The number of amidine groups is 1. The lowest BCUT2D eigenvalue weighted by Gasteiger charge is -2.28. The Balaban J connectivity index is 2.12. The Morgan fingerprint density at radius 3 is 2.33 bits per heavy atom. The minimum atomic E-state index is -0.433. The lowest BCUT2D eigenvalue weighted by molar-refractivity contribution is -0.105. The zero-order chi connectivity index (χ0) is 17.1. The van der Waals surface area contributed by atoms with Crippen LogP contribution in [0, 0.1) is 11.7 Å². The monoisotopic (exact) mass is 322 g/mol. The van der Waals surface area contributed by atoms with Crippen molar-refractivity contribution in [3.63, 3.8) is 0 Å². The Morgan fingerprint density at radius 2 is 1.75 bits per heavy atom. The number of carbonyl (C=O) groups excluding carboxylic acids is 1. The van der Waals surface area contributed by atoms with Crippen LogP contribution in [0.15, 0.2) is 70.9 Å². The third kappa shape index (κ3) is 3.13. The van der Waals surface area contributed by atoms with Gasteiger partial charge >= 0.3 is 0 Å². The molecular weight excluding hydrogens is 303 g/mol. The van der Waals surface area contributed by atoms with E-state index in [1.807, 2.05) is 44.2 Å². The van der Waals surface area contributed by atoms with Crippen molar-refractivity contribution in [1.29, 1.82) is 0 Å². The van der Waals surface area contributed by atoms with Gasteiger partial charge in [-0.25, -0.2) is 4.39 Å². The molecule has 0 saturated heterocycles. The average molecular weight is 322 g/mol. The second kappa shape index (κ2) is 6.79. The quantitative estimate of drug-likeness (QED) is 0.864. The largest absolute Gasteiger partial charge is 0.343 e. The third-order valence-corrected chi connectivity index (χ3v) is 4.05. The van der Waals surface area contributed by atoms with Crippen molar-refractivity contribution in [3.8, 4) is 0 Å². The minimum Gasteiger partial charge on any atom is -0.343 e. The number of nitrogens with one attached hydrogen (secondary N) is 1. The third-order valence-electron chi connectivity index (χ3n) is 4.05. The van der Waals surface area contributed by atoms with Crippen LogP contribution < -0.4 is 5.32 Å². The summed E-state index contributed by atoms with van der Waals surface area (Å²) in [5, 5.41) is 3.31. The molecule has 1 N–H and O–H groups in total. The predicted octanol–water partition coefficient (Wildman–Crippen LogP) is 4.03. The fraction of sp³-hybridized carbons (Fsp3) is 0.200. The maximum atomic E-state index is 13.2. The first kappa shape index (κ1) is 16.1. The van der Waals surface area contributed by atoms with E-state index in [4.69, 9.17) is 4.99 Å². The summed E-state index contributed by atoms with van der Waals surface area (Å²) in [4.78, 5) is 16.5. The summed E-state index contributed by atoms with van der Waals surface area (Å²) in [7, 11) is 0. The first-order chi connectivity index (χ1) is 11.6. The number of aldehydes is 1. The fourth-order valence-electron chi connectivity index (χ4n) is 2.83. The number of allylic oxidation sites excluding steroid dienone is 1. The van der Waals surface area contributed by atoms with Gasteiger partial charge < -0.3 is 5.32 Å². The number of hydrogen-bond acceptors (Lipinski definition) is 3. The lowest BCUT2D eigenvalue weighted by atomic mass is 9.92. The van der Waals surface area contributed by atoms with Crippen molar-refractivity contribution >= 4 is 12.1 Å². The van der Waals surface area contributed by atoms with E-state index in [0.29, 0.717) is 5.57 Å². The second-order valence-electron chi connectivity index (χ2n) is 6.06. The molecule has 0 spiro atoms. The summed E-state index contributed by atoms with van der Waals surface area (Å²) in [6, 6.07) is 15.5. The molecule has 0 saturated carbocycles. The Morgan fingerprint density at radius 1 is 1.08 bits per heavy atom. The van der Waals surface area contributed by atoms with E-state index < -0.39 is 6.04 Å². The van der Waals surface area contributed by atoms with Gasteiger partial charge in [0.2, 0.25) is 0 Å². The smallest absolute Gasteiger partial charge is 0.150 e. The van der Waals surface area contributed by atoms with Crippen molar-refractivity contribution in [2.24, 2.45) is 10.9 Å². The van der Waals surface area contributed by atoms with Crippen LogP contribution in [-0.4, -0.2) is 12.1 Å². The van der Waals surface area contributed by atoms with E-state index in [1.165, 1.54) is 12.1 Å². The molecule has 1 atom stereocenters. The lowest BCUT2D eigenvalue weighted by Crippen LogP contribution is -2.33. The van der Waals surface area contributed by atoms with E-state index in [1.54, 1.807) is 12.1 Å². The van der Waals surface area contributed by atoms with E-state index in [2.05, 4.69) is 5.32 Å². The van der Waals surface area contributed by atoms with Crippen LogP contribution in [0.25, 0.3) is 0 Å². The van der Waals surface area contributed by atoms with Gasteiger partial charge in [-0.15, -0.1) is 0 Å². The molecule has 0 amide bonds. The minimum absolute atomic E-state index is 0.141. The van der Waals surface area contributed by atoms with Crippen LogP contribution in [0.1, 0.15) is 31.0 Å². The molecule has 0 aliphatic carbocycles. The Hall–Kier alpha value is -2.75. The van der Waals surface area contributed by atoms with Gasteiger partial charge in [0, 0.05) is 16.8 Å². The zero-order valence-corrected chi connectivity index (χ0v) is 13.7. The number of aliphatic imine (C=N–C) groups is 1. The van der Waals surface area contributed by atoms with E-state index >= 15 is 0 Å². The van der Waals surface area contributed by atoms with Crippen molar-refractivity contribution in [2.75, 3.05) is 0 Å². The van der Waals surface area contributed by atoms with E-state index in [-0.39, 0.29) is 11.7 Å². The molecule has 0 radical (unpaired) electrons. The topological polar surface area (TPSA) is 41.5 Å². The summed E-state index contributed by atoms with van der Waals surface area (Å²) in [6.07, 6.45) is 0.849. The van der Waals surface area contributed by atoms with E-state index in [9.17, 15) is 9.18 Å². The first-order valence-corrected chi connectivity index (χ1v) is 7.95. The summed E-state index contributed by atoms with van der Waals surface area (Å²) >= 11 is 0. The summed E-state index contributed by atoms with van der Waals surface area (Å²) in [5.41, 5.74) is 3.20. The molecule has 3 rings (SSSR count). The highest BCUT2D eigenvalue weighted by Crippen LogP contribution is 2.32. The molecule has 1 unspecified atom stereocenters. The molecule has 4 heteroatoms. The van der Waals surface area contributed by atoms with Crippen molar-refractivity contribution in [1.82, 2.24) is 5.32 Å². The van der Waals surface area contributed by atoms with Gasteiger partial charge in [-0.3, -0.25) is 9.79 Å². The number of nitrogens with zero attached hydrogens (tertiary/aromatic N) is 1. The molecule has 1 aliphatic rings. The first-order valence-electron chi connectivity index (χ1n) is 7.95. The molecule has 0 aromatic heterocycles. The normalized spacial score (nSPS) is 17.5. The predicted molar refractivity (Wildman–Crippen MR) is 93.2 cm³/mol. The van der Waals surface area contributed by atoms with Gasteiger partial charge in [-0.1, -0.05) is 56.3 Å². The highest BCUT2D eigenvalue weighted by atomic mass is 19.1. The number of rotatable bonds is 4. The number of carbonyl (C=O) groups is 1. The van der Waals surface area contributed by atoms with Gasteiger partial charge in [-0.05, 0) is 23.6 Å². The molecule has 3 nitrogen and oxygen atoms in total. The summed E-state index contributed by atoms with van der Waals surface area (Å²) in [5.74, 6) is 0.558. The molecule has 24 heavy (non-hydrogen) atoms. The molecular formula is C20H19FN2O. The van der Waals surface area contributed by atoms with Crippen LogP contribution in [0.4, 0.5) is 4.39 Å². The van der Waals surface area contributed by atoms with Gasteiger partial charge in [0.05, 0.1) is 0 Å². The standard InChI is InChI=1S/C20H19FN2O/c1-13(2)18-17(12-24)19(14-8-10-16(21)11-9-14)23-20(22-18)15-6-4-3-5-7-15/h3-13,19H,1-2H3,(H,22,23). The second-order valence-corrected chi connectivity index (χ2v) is 6.06. The Bertz CT molecular complexity index is 792. The molecule has 2 aromatic rings. The Kier molecular flexibility index (Phi) is 4.56. The van der Waals surface area contributed by atoms with Crippen molar-refractivity contribution < 1.29 is 9.18 Å². The van der Waals surface area contributed by atoms with Crippen LogP contribution in [-0.2, 0) is 4.79 Å². The van der Waals surface area contributed by atoms with Crippen LogP contribution in [0.3, 0.4) is 0 Å². The Labute approximate surface area is 140 Å². The SMILES string of the molecule is CC(C)C1=C(C=O)C(c2ccc(F)cc2)N=C(c2ccccc2)N1. The molecule has 2 aromatic carbocycles. The van der Waals surface area contributed by atoms with Crippen LogP contribution in [0.2, 0.25) is 0 Å². The molecule has 0 bridgehead atoms. The summed E-state index contributed by atoms with van der Waals surface area (Å²) in [6.45, 7) is 4.06. The van der Waals surface area contributed by atoms with Crippen molar-refractivity contribution in [3.05, 3.63) is 82.8 Å². The number of hydrogen-bond donors (Lipinski definition) is 1. The average Bonchev–Trinajstić information content (AvgIpc) is 2.62. The molecule has 122 valence electrons. The zero-order valence-electron chi connectivity index (χ0n) is 13.7. The maximum absolute atomic E-state index is 13.2. The molecule has 1 aliphatic heterocycles. The van der Waals surface area contributed by atoms with E-state index in [0.717, 1.165) is 28.9 Å². The molecule has 1 heterocycles. The number of benzene rings is 2. The van der Waals surface area contributed by atoms with Gasteiger partial charge in [-0.2, -0.15) is 0 Å². The number of halogens is 1. The highest BCUT2D eigenvalue weighted by molar-refractivity contribution is 6.02. The van der Waals surface area contributed by atoms with Gasteiger partial charge in [0.15, 0.2) is 0 Å². The fourth-order valence-corrected chi connectivity index (χ4v) is 2.83. The molecule has 0 fully saturated rings.